The molecule has 3 aromatic rings. The van der Waals surface area contributed by atoms with Gasteiger partial charge in [0.1, 0.15) is 5.82 Å². The van der Waals surface area contributed by atoms with Crippen LogP contribution in [0.25, 0.3) is 5.52 Å². The van der Waals surface area contributed by atoms with Gasteiger partial charge in [0.25, 0.3) is 11.8 Å². The van der Waals surface area contributed by atoms with Gasteiger partial charge in [-0.3, -0.25) is 14.0 Å². The van der Waals surface area contributed by atoms with E-state index < -0.39 is 11.7 Å². The molecule has 0 atom stereocenters. The number of nitrogens with zero attached hydrogens (tertiary/aromatic N) is 2. The lowest BCUT2D eigenvalue weighted by Crippen LogP contribution is -2.30. The Balaban J connectivity index is 1.97. The number of fused-ring (bicyclic) bond motifs is 1. The minimum Gasteiger partial charge on any atom is -0.348 e. The highest BCUT2D eigenvalue weighted by atomic mass is 19.1. The summed E-state index contributed by atoms with van der Waals surface area (Å²) in [5.41, 5.74) is 1.15. The normalized spacial score (nSPS) is 10.9. The Morgan fingerprint density at radius 2 is 1.80 bits per heavy atom. The van der Waals surface area contributed by atoms with Crippen LogP contribution in [0.3, 0.4) is 0 Å². The van der Waals surface area contributed by atoms with Crippen molar-refractivity contribution in [3.63, 3.8) is 0 Å². The fraction of sp³-hybridized carbons (Fsp3) is 0.167. The van der Waals surface area contributed by atoms with E-state index in [1.807, 2.05) is 13.8 Å². The first kappa shape index (κ1) is 16.6. The average molecular weight is 340 g/mol. The van der Waals surface area contributed by atoms with Crippen molar-refractivity contribution >= 4 is 23.0 Å². The van der Waals surface area contributed by atoms with Crippen molar-refractivity contribution in [3.8, 4) is 0 Å². The van der Waals surface area contributed by atoms with E-state index in [4.69, 9.17) is 0 Å². The maximum Gasteiger partial charge on any atom is 0.292 e. The number of imidazole rings is 1. The van der Waals surface area contributed by atoms with Crippen LogP contribution >= 0.6 is 0 Å². The van der Waals surface area contributed by atoms with Crippen LogP contribution in [-0.2, 0) is 0 Å². The summed E-state index contributed by atoms with van der Waals surface area (Å²) in [5.74, 6) is -1.15. The number of carbonyl (C=O) groups is 2. The van der Waals surface area contributed by atoms with Gasteiger partial charge in [0.2, 0.25) is 5.82 Å². The van der Waals surface area contributed by atoms with Crippen molar-refractivity contribution < 1.29 is 14.0 Å². The number of halogens is 1. The molecule has 0 saturated heterocycles. The molecule has 0 spiro atoms. The molecule has 0 bridgehead atoms. The number of nitrogens with one attached hydrogen (secondary N) is 2. The lowest BCUT2D eigenvalue weighted by Gasteiger charge is -2.06. The lowest BCUT2D eigenvalue weighted by molar-refractivity contribution is 0.0940. The fourth-order valence-corrected chi connectivity index (χ4v) is 2.42. The number of amides is 2. The molecular formula is C18H17FN4O2. The Morgan fingerprint density at radius 1 is 1.08 bits per heavy atom. The monoisotopic (exact) mass is 340 g/mol. The molecule has 7 heteroatoms. The van der Waals surface area contributed by atoms with Gasteiger partial charge in [-0.15, -0.1) is 0 Å². The Morgan fingerprint density at radius 3 is 2.48 bits per heavy atom. The average Bonchev–Trinajstić information content (AvgIpc) is 2.96. The van der Waals surface area contributed by atoms with Gasteiger partial charge in [0.05, 0.1) is 5.52 Å². The molecule has 0 saturated carbocycles. The molecule has 2 N–H and O–H groups in total. The van der Waals surface area contributed by atoms with Crippen molar-refractivity contribution in [2.24, 2.45) is 0 Å². The Hall–Kier alpha value is -3.22. The largest absolute Gasteiger partial charge is 0.348 e. The van der Waals surface area contributed by atoms with E-state index >= 15 is 0 Å². The van der Waals surface area contributed by atoms with E-state index in [-0.39, 0.29) is 23.5 Å². The first-order valence-corrected chi connectivity index (χ1v) is 7.80. The molecule has 1 aromatic carbocycles. The molecule has 0 aliphatic rings. The van der Waals surface area contributed by atoms with E-state index in [0.717, 1.165) is 0 Å². The number of pyridine rings is 1. The van der Waals surface area contributed by atoms with E-state index in [1.165, 1.54) is 24.3 Å². The first-order chi connectivity index (χ1) is 12.0. The van der Waals surface area contributed by atoms with Crippen LogP contribution in [0.15, 0.2) is 48.7 Å². The fourth-order valence-electron chi connectivity index (χ4n) is 2.42. The van der Waals surface area contributed by atoms with Gasteiger partial charge in [-0.25, -0.2) is 9.37 Å². The first-order valence-electron chi connectivity index (χ1n) is 7.80. The zero-order chi connectivity index (χ0) is 18.0. The summed E-state index contributed by atoms with van der Waals surface area (Å²) in [5, 5.41) is 5.42. The van der Waals surface area contributed by atoms with Crippen molar-refractivity contribution in [1.29, 1.82) is 0 Å². The third-order valence-corrected chi connectivity index (χ3v) is 3.49. The second-order valence-electron chi connectivity index (χ2n) is 5.83. The molecular weight excluding hydrogens is 323 g/mol. The third-order valence-electron chi connectivity index (χ3n) is 3.49. The Bertz CT molecular complexity index is 932. The third kappa shape index (κ3) is 3.50. The zero-order valence-electron chi connectivity index (χ0n) is 13.8. The van der Waals surface area contributed by atoms with Crippen LogP contribution in [0, 0.1) is 5.82 Å². The summed E-state index contributed by atoms with van der Waals surface area (Å²) in [4.78, 5) is 29.1. The molecule has 0 radical (unpaired) electrons. The molecule has 2 aromatic heterocycles. The van der Waals surface area contributed by atoms with Gasteiger partial charge < -0.3 is 10.6 Å². The number of anilines is 1. The Kier molecular flexibility index (Phi) is 4.47. The van der Waals surface area contributed by atoms with Crippen LogP contribution in [0.5, 0.6) is 0 Å². The van der Waals surface area contributed by atoms with Crippen LogP contribution < -0.4 is 10.6 Å². The number of benzene rings is 1. The minimum atomic E-state index is -0.489. The topological polar surface area (TPSA) is 75.5 Å². The molecule has 128 valence electrons. The predicted octanol–water partition coefficient (Wildman–Crippen LogP) is 2.86. The highest BCUT2D eigenvalue weighted by molar-refractivity contribution is 6.06. The lowest BCUT2D eigenvalue weighted by atomic mass is 10.3. The quantitative estimate of drug-likeness (QED) is 0.767. The molecule has 2 amide bonds. The SMILES string of the molecule is CC(C)NC(=O)c1nc(C(=O)Nc2ccc(F)cc2)n2ccccc12. The van der Waals surface area contributed by atoms with Gasteiger partial charge in [0.15, 0.2) is 5.69 Å². The number of hydrogen-bond donors (Lipinski definition) is 2. The van der Waals surface area contributed by atoms with Crippen LogP contribution in [0.4, 0.5) is 10.1 Å². The van der Waals surface area contributed by atoms with Crippen molar-refractivity contribution in [3.05, 3.63) is 66.0 Å². The summed E-state index contributed by atoms with van der Waals surface area (Å²) < 4.78 is 14.5. The van der Waals surface area contributed by atoms with Crippen molar-refractivity contribution in [1.82, 2.24) is 14.7 Å². The maximum absolute atomic E-state index is 13.0. The van der Waals surface area contributed by atoms with Crippen LogP contribution in [0.1, 0.15) is 35.0 Å². The van der Waals surface area contributed by atoms with E-state index in [0.29, 0.717) is 11.2 Å². The molecule has 3 rings (SSSR count). The molecule has 6 nitrogen and oxygen atoms in total. The van der Waals surface area contributed by atoms with E-state index in [9.17, 15) is 14.0 Å². The standard InChI is InChI=1S/C18H17FN4O2/c1-11(2)20-17(24)15-14-5-3-4-10-23(14)16(22-15)18(25)21-13-8-6-12(19)7-9-13/h3-11H,1-2H3,(H,20,24)(H,21,25). The van der Waals surface area contributed by atoms with Gasteiger partial charge in [-0.1, -0.05) is 6.07 Å². The molecule has 0 unspecified atom stereocenters. The maximum atomic E-state index is 13.0. The number of aromatic nitrogens is 2. The van der Waals surface area contributed by atoms with Gasteiger partial charge in [-0.05, 0) is 50.2 Å². The van der Waals surface area contributed by atoms with Crippen LogP contribution in [0.2, 0.25) is 0 Å². The number of rotatable bonds is 4. The highest BCUT2D eigenvalue weighted by Gasteiger charge is 2.21. The number of carbonyl (C=O) groups excluding carboxylic acids is 2. The Labute approximate surface area is 143 Å². The van der Waals surface area contributed by atoms with Gasteiger partial charge >= 0.3 is 0 Å². The summed E-state index contributed by atoms with van der Waals surface area (Å²) in [7, 11) is 0. The smallest absolute Gasteiger partial charge is 0.292 e. The second kappa shape index (κ2) is 6.72. The molecule has 0 aliphatic carbocycles. The van der Waals surface area contributed by atoms with Gasteiger partial charge in [0, 0.05) is 17.9 Å². The summed E-state index contributed by atoms with van der Waals surface area (Å²) >= 11 is 0. The van der Waals surface area contributed by atoms with Crippen molar-refractivity contribution in [2.75, 3.05) is 5.32 Å². The van der Waals surface area contributed by atoms with E-state index in [1.54, 1.807) is 28.8 Å². The van der Waals surface area contributed by atoms with Crippen LogP contribution in [-0.4, -0.2) is 27.2 Å². The molecule has 25 heavy (non-hydrogen) atoms. The molecule has 2 heterocycles. The summed E-state index contributed by atoms with van der Waals surface area (Å²) in [6.45, 7) is 3.69. The predicted molar refractivity (Wildman–Crippen MR) is 92.1 cm³/mol. The van der Waals surface area contributed by atoms with Gasteiger partial charge in [-0.2, -0.15) is 0 Å². The second-order valence-corrected chi connectivity index (χ2v) is 5.83. The molecule has 0 fully saturated rings. The van der Waals surface area contributed by atoms with E-state index in [2.05, 4.69) is 15.6 Å². The summed E-state index contributed by atoms with van der Waals surface area (Å²) in [6, 6.07) is 10.6. The number of hydrogen-bond acceptors (Lipinski definition) is 3. The van der Waals surface area contributed by atoms with Crippen molar-refractivity contribution in [2.45, 2.75) is 19.9 Å². The molecule has 0 aliphatic heterocycles. The highest BCUT2D eigenvalue weighted by Crippen LogP contribution is 2.16. The minimum absolute atomic E-state index is 0.0514. The summed E-state index contributed by atoms with van der Waals surface area (Å²) in [6.07, 6.45) is 1.66. The zero-order valence-corrected chi connectivity index (χ0v) is 13.8.